The molecule has 0 spiro atoms. The molecule has 1 aliphatic heterocycles. The lowest BCUT2D eigenvalue weighted by Gasteiger charge is -2.28. The lowest BCUT2D eigenvalue weighted by atomic mass is 9.81. The second-order valence-electron chi connectivity index (χ2n) is 7.59. The van der Waals surface area contributed by atoms with Crippen molar-refractivity contribution in [1.29, 1.82) is 0 Å². The normalized spacial score (nSPS) is 22.2. The first kappa shape index (κ1) is 18.6. The number of aromatic nitrogens is 1. The third-order valence-electron chi connectivity index (χ3n) is 5.71. The monoisotopic (exact) mass is 382 g/mol. The van der Waals surface area contributed by atoms with Gasteiger partial charge >= 0.3 is 0 Å². The predicted molar refractivity (Wildman–Crippen MR) is 107 cm³/mol. The molecule has 148 valence electrons. The SMILES string of the molecule is COc1c(OCc2ccccc2)cn2c1C=[N+]([O-])C1=CCC(C(C)O)C[C@H]1C2. The van der Waals surface area contributed by atoms with Crippen LogP contribution in [0, 0.1) is 17.0 Å². The Morgan fingerprint density at radius 2 is 2.11 bits per heavy atom. The zero-order valence-corrected chi connectivity index (χ0v) is 16.2. The van der Waals surface area contributed by atoms with Gasteiger partial charge in [0.2, 0.25) is 6.21 Å². The van der Waals surface area contributed by atoms with Gasteiger partial charge in [-0.25, -0.2) is 0 Å². The first-order chi connectivity index (χ1) is 13.6. The van der Waals surface area contributed by atoms with E-state index in [1.54, 1.807) is 13.3 Å². The van der Waals surface area contributed by atoms with E-state index >= 15 is 0 Å². The number of nitrogens with zero attached hydrogens (tertiary/aromatic N) is 2. The van der Waals surface area contributed by atoms with Crippen molar-refractivity contribution in [1.82, 2.24) is 4.57 Å². The lowest BCUT2D eigenvalue weighted by Crippen LogP contribution is -2.28. The van der Waals surface area contributed by atoms with Gasteiger partial charge in [0.15, 0.2) is 22.9 Å². The molecule has 2 unspecified atom stereocenters. The number of aliphatic hydroxyl groups is 1. The van der Waals surface area contributed by atoms with Crippen molar-refractivity contribution in [3.8, 4) is 11.5 Å². The van der Waals surface area contributed by atoms with Crippen LogP contribution >= 0.6 is 0 Å². The highest BCUT2D eigenvalue weighted by Crippen LogP contribution is 2.39. The van der Waals surface area contributed by atoms with E-state index in [1.165, 1.54) is 0 Å². The number of hydrogen-bond donors (Lipinski definition) is 1. The van der Waals surface area contributed by atoms with Crippen molar-refractivity contribution in [3.05, 3.63) is 64.8 Å². The maximum atomic E-state index is 12.8. The van der Waals surface area contributed by atoms with E-state index in [1.807, 2.05) is 54.1 Å². The summed E-state index contributed by atoms with van der Waals surface area (Å²) in [6.07, 6.45) is 6.59. The molecule has 1 aliphatic carbocycles. The number of aliphatic hydroxyl groups excluding tert-OH is 1. The Balaban J connectivity index is 1.63. The molecule has 6 nitrogen and oxygen atoms in total. The standard InChI is InChI=1S/C22H26N2O4/c1-15(25)17-8-9-19-18(10-17)11-23-13-21(22(27-2)20(23)12-24(19)26)28-14-16-6-4-3-5-7-16/h3-7,9,12-13,15,17-18,25H,8,10-11,14H2,1-2H3/t15?,17?,18-/m0/s1. The topological polar surface area (TPSA) is 69.7 Å². The third kappa shape index (κ3) is 3.52. The van der Waals surface area contributed by atoms with Crippen LogP contribution < -0.4 is 9.47 Å². The maximum Gasteiger partial charge on any atom is 0.208 e. The van der Waals surface area contributed by atoms with E-state index in [0.717, 1.165) is 28.8 Å². The van der Waals surface area contributed by atoms with Crippen LogP contribution in [0.1, 0.15) is 31.0 Å². The third-order valence-corrected chi connectivity index (χ3v) is 5.71. The largest absolute Gasteiger partial charge is 0.618 e. The number of rotatable bonds is 5. The number of hydroxylamine groups is 1. The van der Waals surface area contributed by atoms with Gasteiger partial charge in [-0.15, -0.1) is 0 Å². The first-order valence-electron chi connectivity index (χ1n) is 9.70. The van der Waals surface area contributed by atoms with Gasteiger partial charge in [0, 0.05) is 6.54 Å². The summed E-state index contributed by atoms with van der Waals surface area (Å²) in [5, 5.41) is 22.8. The van der Waals surface area contributed by atoms with Gasteiger partial charge in [0.05, 0.1) is 25.3 Å². The molecule has 28 heavy (non-hydrogen) atoms. The van der Waals surface area contributed by atoms with Crippen molar-refractivity contribution in [2.45, 2.75) is 39.0 Å². The molecule has 1 aromatic carbocycles. The molecule has 1 aromatic heterocycles. The summed E-state index contributed by atoms with van der Waals surface area (Å²) in [4.78, 5) is 0. The van der Waals surface area contributed by atoms with E-state index in [4.69, 9.17) is 9.47 Å². The summed E-state index contributed by atoms with van der Waals surface area (Å²) < 4.78 is 14.6. The Hall–Kier alpha value is -2.73. The van der Waals surface area contributed by atoms with E-state index < -0.39 is 0 Å². The quantitative estimate of drug-likeness (QED) is 0.636. The molecular formula is C22H26N2O4. The summed E-state index contributed by atoms with van der Waals surface area (Å²) >= 11 is 0. The molecule has 2 heterocycles. The van der Waals surface area contributed by atoms with Crippen LogP contribution in [0.5, 0.6) is 11.5 Å². The predicted octanol–water partition coefficient (Wildman–Crippen LogP) is 3.31. The summed E-state index contributed by atoms with van der Waals surface area (Å²) in [5.74, 6) is 1.43. The fourth-order valence-corrected chi connectivity index (χ4v) is 4.13. The Kier molecular flexibility index (Phi) is 5.13. The molecular weight excluding hydrogens is 356 g/mol. The molecule has 1 N–H and O–H groups in total. The second-order valence-corrected chi connectivity index (χ2v) is 7.59. The van der Waals surface area contributed by atoms with Crippen LogP contribution in [0.2, 0.25) is 0 Å². The van der Waals surface area contributed by atoms with Crippen LogP contribution in [-0.4, -0.2) is 33.8 Å². The maximum absolute atomic E-state index is 12.8. The van der Waals surface area contributed by atoms with Gasteiger partial charge in [0.25, 0.3) is 0 Å². The molecule has 6 heteroatoms. The first-order valence-corrected chi connectivity index (χ1v) is 9.70. The van der Waals surface area contributed by atoms with Gasteiger partial charge in [0.1, 0.15) is 6.61 Å². The molecule has 4 rings (SSSR count). The Labute approximate surface area is 164 Å². The average molecular weight is 382 g/mol. The lowest BCUT2D eigenvalue weighted by molar-refractivity contribution is -0.406. The smallest absolute Gasteiger partial charge is 0.208 e. The molecule has 0 saturated carbocycles. The van der Waals surface area contributed by atoms with Gasteiger partial charge in [-0.05, 0) is 37.3 Å². The summed E-state index contributed by atoms with van der Waals surface area (Å²) in [6, 6.07) is 9.94. The molecule has 2 aliphatic rings. The number of methoxy groups -OCH3 is 1. The molecule has 3 atom stereocenters. The molecule has 0 bridgehead atoms. The highest BCUT2D eigenvalue weighted by molar-refractivity contribution is 5.81. The van der Waals surface area contributed by atoms with Crippen molar-refractivity contribution in [2.75, 3.05) is 7.11 Å². The van der Waals surface area contributed by atoms with Crippen molar-refractivity contribution in [2.24, 2.45) is 11.8 Å². The fraction of sp³-hybridized carbons (Fsp3) is 0.409. The zero-order chi connectivity index (χ0) is 19.7. The minimum Gasteiger partial charge on any atom is -0.618 e. The second kappa shape index (κ2) is 7.72. The molecule has 0 saturated heterocycles. The highest BCUT2D eigenvalue weighted by Gasteiger charge is 2.35. The Morgan fingerprint density at radius 1 is 1.32 bits per heavy atom. The number of ether oxygens (including phenoxy) is 2. The van der Waals surface area contributed by atoms with Crippen molar-refractivity contribution < 1.29 is 19.3 Å². The Bertz CT molecular complexity index is 899. The summed E-state index contributed by atoms with van der Waals surface area (Å²) in [6.45, 7) is 2.91. The van der Waals surface area contributed by atoms with E-state index in [-0.39, 0.29) is 17.9 Å². The van der Waals surface area contributed by atoms with Gasteiger partial charge in [-0.3, -0.25) is 0 Å². The minimum absolute atomic E-state index is 0.0578. The Morgan fingerprint density at radius 3 is 2.82 bits per heavy atom. The van der Waals surface area contributed by atoms with E-state index in [0.29, 0.717) is 30.3 Å². The summed E-state index contributed by atoms with van der Waals surface area (Å²) in [7, 11) is 1.59. The summed E-state index contributed by atoms with van der Waals surface area (Å²) in [5.41, 5.74) is 2.55. The average Bonchev–Trinajstić information content (AvgIpc) is 2.95. The zero-order valence-electron chi connectivity index (χ0n) is 16.2. The molecule has 0 fully saturated rings. The van der Waals surface area contributed by atoms with E-state index in [9.17, 15) is 10.3 Å². The fourth-order valence-electron chi connectivity index (χ4n) is 4.13. The molecule has 2 aromatic rings. The van der Waals surface area contributed by atoms with Crippen LogP contribution in [0.25, 0.3) is 0 Å². The highest BCUT2D eigenvalue weighted by atomic mass is 16.5. The number of benzene rings is 1. The molecule has 0 amide bonds. The van der Waals surface area contributed by atoms with Gasteiger partial charge < -0.3 is 24.4 Å². The van der Waals surface area contributed by atoms with Gasteiger partial charge in [-0.1, -0.05) is 30.3 Å². The van der Waals surface area contributed by atoms with Crippen molar-refractivity contribution >= 4 is 6.21 Å². The van der Waals surface area contributed by atoms with Crippen molar-refractivity contribution in [3.63, 3.8) is 0 Å². The van der Waals surface area contributed by atoms with E-state index in [2.05, 4.69) is 0 Å². The van der Waals surface area contributed by atoms with Gasteiger partial charge in [-0.2, -0.15) is 4.74 Å². The number of fused-ring (bicyclic) bond motifs is 2. The minimum atomic E-state index is -0.381. The van der Waals surface area contributed by atoms with Crippen LogP contribution in [0.4, 0.5) is 0 Å². The number of allylic oxidation sites excluding steroid dienone is 2. The van der Waals surface area contributed by atoms with Crippen LogP contribution in [0.3, 0.4) is 0 Å². The molecule has 0 radical (unpaired) electrons. The number of hydrogen-bond acceptors (Lipinski definition) is 4. The van der Waals surface area contributed by atoms with Crippen LogP contribution in [0.15, 0.2) is 48.3 Å². The van der Waals surface area contributed by atoms with Crippen LogP contribution in [-0.2, 0) is 13.2 Å².